The summed E-state index contributed by atoms with van der Waals surface area (Å²) in [5.41, 5.74) is 0. The van der Waals surface area contributed by atoms with E-state index in [0.29, 0.717) is 0 Å². The van der Waals surface area contributed by atoms with E-state index in [1.807, 2.05) is 0 Å². The van der Waals surface area contributed by atoms with Crippen molar-refractivity contribution in [1.82, 2.24) is 0 Å². The van der Waals surface area contributed by atoms with Gasteiger partial charge in [-0.3, -0.25) is 0 Å². The van der Waals surface area contributed by atoms with Crippen molar-refractivity contribution in [3.05, 3.63) is 37.5 Å². The maximum absolute atomic E-state index is 11.4. The Balaban J connectivity index is 4.06. The van der Waals surface area contributed by atoms with Gasteiger partial charge in [0.25, 0.3) is 0 Å². The lowest BCUT2D eigenvalue weighted by Gasteiger charge is -2.11. The third-order valence-corrected chi connectivity index (χ3v) is 2.24. The third-order valence-electron chi connectivity index (χ3n) is 2.24. The molecule has 2 atom stereocenters. The number of esters is 4. The monoisotopic (exact) mass is 340 g/mol. The average Bonchev–Trinajstić information content (AvgIpc) is 2.55. The molecule has 0 spiro atoms. The van der Waals surface area contributed by atoms with Crippen molar-refractivity contribution in [2.75, 3.05) is 13.2 Å². The van der Waals surface area contributed by atoms with E-state index >= 15 is 0 Å². The summed E-state index contributed by atoms with van der Waals surface area (Å²) >= 11 is 0. The molecule has 8 nitrogen and oxygen atoms in total. The highest BCUT2D eigenvalue weighted by Gasteiger charge is 2.11. The van der Waals surface area contributed by atoms with Gasteiger partial charge in [0.15, 0.2) is 0 Å². The van der Waals surface area contributed by atoms with Crippen LogP contribution in [0.15, 0.2) is 37.5 Å². The molecule has 0 N–H and O–H groups in total. The van der Waals surface area contributed by atoms with Gasteiger partial charge in [-0.15, -0.1) is 0 Å². The molecule has 2 unspecified atom stereocenters. The summed E-state index contributed by atoms with van der Waals surface area (Å²) in [5.74, 6) is -2.88. The number of ether oxygens (including phenoxy) is 4. The van der Waals surface area contributed by atoms with Crippen LogP contribution >= 0.6 is 0 Å². The van der Waals surface area contributed by atoms with Gasteiger partial charge in [-0.05, 0) is 13.8 Å². The van der Waals surface area contributed by atoms with Crippen molar-refractivity contribution in [3.63, 3.8) is 0 Å². The zero-order chi connectivity index (χ0) is 18.5. The highest BCUT2D eigenvalue weighted by molar-refractivity contribution is 5.91. The molecule has 0 saturated carbocycles. The summed E-state index contributed by atoms with van der Waals surface area (Å²) in [5, 5.41) is 0. The molecule has 0 bridgehead atoms. The molecule has 0 aromatic carbocycles. The van der Waals surface area contributed by atoms with Gasteiger partial charge < -0.3 is 18.9 Å². The summed E-state index contributed by atoms with van der Waals surface area (Å²) in [6.45, 7) is 9.17. The normalized spacial score (nSPS) is 12.6. The zero-order valence-corrected chi connectivity index (χ0v) is 13.6. The van der Waals surface area contributed by atoms with Crippen LogP contribution < -0.4 is 0 Å². The highest BCUT2D eigenvalue weighted by Crippen LogP contribution is 1.97. The summed E-state index contributed by atoms with van der Waals surface area (Å²) in [6, 6.07) is 0. The predicted octanol–water partition coefficient (Wildman–Crippen LogP) is 0.864. The number of hydrogen-bond donors (Lipinski definition) is 0. The average molecular weight is 340 g/mol. The lowest BCUT2D eigenvalue weighted by atomic mass is 10.4. The molecule has 0 rings (SSSR count). The molecular weight excluding hydrogens is 320 g/mol. The Labute approximate surface area is 139 Å². The van der Waals surface area contributed by atoms with Gasteiger partial charge in [-0.2, -0.15) is 0 Å². The lowest BCUT2D eigenvalue weighted by Crippen LogP contribution is -2.21. The molecule has 0 aliphatic carbocycles. The first-order valence-electron chi connectivity index (χ1n) is 6.96. The van der Waals surface area contributed by atoms with Crippen LogP contribution in [0.2, 0.25) is 0 Å². The smallest absolute Gasteiger partial charge is 0.331 e. The second kappa shape index (κ2) is 11.6. The molecule has 24 heavy (non-hydrogen) atoms. The van der Waals surface area contributed by atoms with Crippen molar-refractivity contribution in [3.8, 4) is 0 Å². The maximum atomic E-state index is 11.4. The summed E-state index contributed by atoms with van der Waals surface area (Å²) in [7, 11) is 0. The number of carbonyl (C=O) groups is 4. The van der Waals surface area contributed by atoms with Crippen LogP contribution in [-0.4, -0.2) is 49.3 Å². The predicted molar refractivity (Wildman–Crippen MR) is 82.6 cm³/mol. The van der Waals surface area contributed by atoms with E-state index in [1.54, 1.807) is 0 Å². The van der Waals surface area contributed by atoms with E-state index in [2.05, 4.69) is 13.2 Å². The number of carbonyl (C=O) groups excluding carboxylic acids is 4. The molecule has 0 aliphatic rings. The van der Waals surface area contributed by atoms with E-state index < -0.39 is 36.1 Å². The molecule has 8 heteroatoms. The molecule has 0 aliphatic heterocycles. The Kier molecular flexibility index (Phi) is 10.2. The van der Waals surface area contributed by atoms with E-state index in [9.17, 15) is 19.2 Å². The van der Waals surface area contributed by atoms with Gasteiger partial charge >= 0.3 is 23.9 Å². The summed E-state index contributed by atoms with van der Waals surface area (Å²) in [6.07, 6.45) is 2.40. The highest BCUT2D eigenvalue weighted by atomic mass is 16.6. The lowest BCUT2D eigenvalue weighted by molar-refractivity contribution is -0.152. The second-order valence-electron chi connectivity index (χ2n) is 4.50. The zero-order valence-electron chi connectivity index (χ0n) is 13.6. The number of hydrogen-bond acceptors (Lipinski definition) is 8. The van der Waals surface area contributed by atoms with Crippen LogP contribution in [0.5, 0.6) is 0 Å². The van der Waals surface area contributed by atoms with Crippen molar-refractivity contribution in [1.29, 1.82) is 0 Å². The van der Waals surface area contributed by atoms with Gasteiger partial charge in [-0.1, -0.05) is 13.2 Å². The van der Waals surface area contributed by atoms with Gasteiger partial charge in [0.2, 0.25) is 0 Å². The molecule has 0 saturated heterocycles. The van der Waals surface area contributed by atoms with Crippen molar-refractivity contribution < 1.29 is 38.1 Å². The Hall–Kier alpha value is -2.90. The fourth-order valence-electron chi connectivity index (χ4n) is 1.19. The van der Waals surface area contributed by atoms with Crippen molar-refractivity contribution in [2.24, 2.45) is 0 Å². The molecular formula is C16H20O8. The molecule has 0 amide bonds. The van der Waals surface area contributed by atoms with Gasteiger partial charge in [-0.25, -0.2) is 19.2 Å². The fourth-order valence-corrected chi connectivity index (χ4v) is 1.19. The Bertz CT molecular complexity index is 474. The minimum atomic E-state index is -0.806. The van der Waals surface area contributed by atoms with Crippen LogP contribution in [0.4, 0.5) is 0 Å². The quantitative estimate of drug-likeness (QED) is 0.328. The van der Waals surface area contributed by atoms with Gasteiger partial charge in [0.05, 0.1) is 0 Å². The molecule has 0 aromatic heterocycles. The van der Waals surface area contributed by atoms with E-state index in [0.717, 1.165) is 24.3 Å². The van der Waals surface area contributed by atoms with Crippen LogP contribution in [-0.2, 0) is 38.1 Å². The number of rotatable bonds is 10. The first-order valence-corrected chi connectivity index (χ1v) is 6.96. The molecule has 0 fully saturated rings. The van der Waals surface area contributed by atoms with Crippen molar-refractivity contribution >= 4 is 23.9 Å². The standard InChI is InChI=1S/C16H20O8/c1-5-13(17)23-11(3)9-21-15(19)7-8-16(20)22-10-12(4)24-14(18)6-2/h5-8,11-12H,1-2,9-10H2,3-4H3/b8-7+. The summed E-state index contributed by atoms with van der Waals surface area (Å²) in [4.78, 5) is 44.5. The van der Waals surface area contributed by atoms with Crippen LogP contribution in [0, 0.1) is 0 Å². The minimum Gasteiger partial charge on any atom is -0.459 e. The van der Waals surface area contributed by atoms with Gasteiger partial charge in [0.1, 0.15) is 25.4 Å². The minimum absolute atomic E-state index is 0.174. The van der Waals surface area contributed by atoms with Crippen molar-refractivity contribution in [2.45, 2.75) is 26.1 Å². The molecule has 132 valence electrons. The Morgan fingerprint density at radius 2 is 1.08 bits per heavy atom. The van der Waals surface area contributed by atoms with Crippen LogP contribution in [0.25, 0.3) is 0 Å². The first-order chi connectivity index (χ1) is 11.3. The first kappa shape index (κ1) is 21.1. The topological polar surface area (TPSA) is 105 Å². The molecule has 0 radical (unpaired) electrons. The fraction of sp³-hybridized carbons (Fsp3) is 0.375. The summed E-state index contributed by atoms with van der Waals surface area (Å²) < 4.78 is 19.1. The van der Waals surface area contributed by atoms with E-state index in [-0.39, 0.29) is 13.2 Å². The SMILES string of the molecule is C=CC(=O)OC(C)COC(=O)/C=C/C(=O)OCC(C)OC(=O)C=C. The Morgan fingerprint density at radius 3 is 1.38 bits per heavy atom. The molecule has 0 aromatic rings. The molecule has 0 heterocycles. The van der Waals surface area contributed by atoms with Gasteiger partial charge in [0, 0.05) is 24.3 Å². The van der Waals surface area contributed by atoms with E-state index in [1.165, 1.54) is 13.8 Å². The van der Waals surface area contributed by atoms with Crippen LogP contribution in [0.3, 0.4) is 0 Å². The van der Waals surface area contributed by atoms with Crippen LogP contribution in [0.1, 0.15) is 13.8 Å². The Morgan fingerprint density at radius 1 is 0.750 bits per heavy atom. The van der Waals surface area contributed by atoms with E-state index in [4.69, 9.17) is 18.9 Å². The third kappa shape index (κ3) is 10.8. The second-order valence-corrected chi connectivity index (χ2v) is 4.50. The largest absolute Gasteiger partial charge is 0.459 e. The maximum Gasteiger partial charge on any atom is 0.331 e.